The van der Waals surface area contributed by atoms with Crippen LogP contribution in [-0.2, 0) is 6.42 Å². The number of methoxy groups -OCH3 is 1. The second-order valence-electron chi connectivity index (χ2n) is 4.05. The summed E-state index contributed by atoms with van der Waals surface area (Å²) in [5, 5.41) is 0.572. The van der Waals surface area contributed by atoms with Crippen molar-refractivity contribution in [2.75, 3.05) is 7.11 Å². The highest BCUT2D eigenvalue weighted by Gasteiger charge is 2.13. The number of hydrogen-bond donors (Lipinski definition) is 0. The Morgan fingerprint density at radius 2 is 2.16 bits per heavy atom. The van der Waals surface area contributed by atoms with E-state index in [-0.39, 0.29) is 12.2 Å². The van der Waals surface area contributed by atoms with Crippen molar-refractivity contribution in [3.63, 3.8) is 0 Å². The van der Waals surface area contributed by atoms with E-state index in [0.29, 0.717) is 22.3 Å². The lowest BCUT2D eigenvalue weighted by atomic mass is 10.1. The average molecular weight is 277 g/mol. The molecule has 0 fully saturated rings. The highest BCUT2D eigenvalue weighted by molar-refractivity contribution is 6.30. The van der Waals surface area contributed by atoms with Gasteiger partial charge in [-0.2, -0.15) is 0 Å². The van der Waals surface area contributed by atoms with Crippen molar-refractivity contribution < 1.29 is 9.53 Å². The molecule has 1 aromatic heterocycles. The lowest BCUT2D eigenvalue weighted by Crippen LogP contribution is -2.08. The monoisotopic (exact) mass is 276 g/mol. The molecular formula is C14H13ClN2O2. The van der Waals surface area contributed by atoms with Gasteiger partial charge in [-0.3, -0.25) is 4.79 Å². The molecule has 19 heavy (non-hydrogen) atoms. The fourth-order valence-electron chi connectivity index (χ4n) is 1.76. The van der Waals surface area contributed by atoms with Crippen LogP contribution in [0, 0.1) is 6.92 Å². The van der Waals surface area contributed by atoms with Crippen LogP contribution in [0.4, 0.5) is 0 Å². The van der Waals surface area contributed by atoms with Gasteiger partial charge >= 0.3 is 0 Å². The Balaban J connectivity index is 2.26. The Morgan fingerprint density at radius 3 is 2.84 bits per heavy atom. The number of halogens is 1. The molecule has 1 aromatic carbocycles. The summed E-state index contributed by atoms with van der Waals surface area (Å²) < 4.78 is 5.22. The van der Waals surface area contributed by atoms with E-state index in [9.17, 15) is 4.79 Å². The minimum Gasteiger partial charge on any atom is -0.496 e. The summed E-state index contributed by atoms with van der Waals surface area (Å²) in [6, 6.07) is 6.80. The van der Waals surface area contributed by atoms with E-state index in [2.05, 4.69) is 9.97 Å². The van der Waals surface area contributed by atoms with Crippen LogP contribution in [0.25, 0.3) is 0 Å². The molecule has 0 amide bonds. The zero-order chi connectivity index (χ0) is 13.8. The normalized spacial score (nSPS) is 10.3. The van der Waals surface area contributed by atoms with E-state index in [4.69, 9.17) is 16.3 Å². The summed E-state index contributed by atoms with van der Waals surface area (Å²) in [5.74, 6) is 1.12. The SMILES string of the molecule is COc1ccc(Cl)cc1CC(=O)c1ccnc(C)n1. The number of aromatic nitrogens is 2. The number of carbonyl (C=O) groups is 1. The third-order valence-electron chi connectivity index (χ3n) is 2.66. The fraction of sp³-hybridized carbons (Fsp3) is 0.214. The number of aryl methyl sites for hydroxylation is 1. The molecule has 2 aromatic rings. The quantitative estimate of drug-likeness (QED) is 0.806. The minimum absolute atomic E-state index is 0.0916. The van der Waals surface area contributed by atoms with Crippen LogP contribution in [0.5, 0.6) is 5.75 Å². The lowest BCUT2D eigenvalue weighted by molar-refractivity contribution is 0.0987. The maximum atomic E-state index is 12.2. The highest BCUT2D eigenvalue weighted by atomic mass is 35.5. The molecule has 0 bridgehead atoms. The standard InChI is InChI=1S/C14H13ClN2O2/c1-9-16-6-5-12(17-9)13(18)8-10-7-11(15)3-4-14(10)19-2/h3-7H,8H2,1-2H3. The van der Waals surface area contributed by atoms with Crippen molar-refractivity contribution in [3.05, 3.63) is 52.6 Å². The van der Waals surface area contributed by atoms with Gasteiger partial charge in [0.15, 0.2) is 5.78 Å². The van der Waals surface area contributed by atoms with Crippen molar-refractivity contribution in [3.8, 4) is 5.75 Å². The van der Waals surface area contributed by atoms with Gasteiger partial charge in [0.2, 0.25) is 0 Å². The summed E-state index contributed by atoms with van der Waals surface area (Å²) in [7, 11) is 1.56. The van der Waals surface area contributed by atoms with Crippen LogP contribution >= 0.6 is 11.6 Å². The second kappa shape index (κ2) is 5.80. The molecule has 2 rings (SSSR count). The number of Topliss-reactive ketones (excluding diaryl/α,β-unsaturated/α-hetero) is 1. The van der Waals surface area contributed by atoms with Crippen molar-refractivity contribution in [2.24, 2.45) is 0 Å². The van der Waals surface area contributed by atoms with Crippen LogP contribution < -0.4 is 4.74 Å². The molecule has 0 radical (unpaired) electrons. The number of benzene rings is 1. The molecule has 0 aliphatic heterocycles. The molecule has 0 aliphatic carbocycles. The predicted molar refractivity (Wildman–Crippen MR) is 72.8 cm³/mol. The van der Waals surface area contributed by atoms with Gasteiger partial charge in [-0.05, 0) is 31.2 Å². The lowest BCUT2D eigenvalue weighted by Gasteiger charge is -2.08. The van der Waals surface area contributed by atoms with Crippen molar-refractivity contribution in [2.45, 2.75) is 13.3 Å². The van der Waals surface area contributed by atoms with Gasteiger partial charge in [0.1, 0.15) is 17.3 Å². The van der Waals surface area contributed by atoms with Gasteiger partial charge < -0.3 is 4.74 Å². The van der Waals surface area contributed by atoms with E-state index < -0.39 is 0 Å². The first kappa shape index (κ1) is 13.5. The first-order valence-corrected chi connectivity index (χ1v) is 6.13. The third-order valence-corrected chi connectivity index (χ3v) is 2.89. The molecule has 0 saturated heterocycles. The summed E-state index contributed by atoms with van der Waals surface area (Å²) in [6.07, 6.45) is 1.77. The Morgan fingerprint density at radius 1 is 1.37 bits per heavy atom. The van der Waals surface area contributed by atoms with Crippen molar-refractivity contribution in [1.29, 1.82) is 0 Å². The average Bonchev–Trinajstić information content (AvgIpc) is 2.39. The molecule has 98 valence electrons. The maximum Gasteiger partial charge on any atom is 0.185 e. The Labute approximate surface area is 116 Å². The summed E-state index contributed by atoms with van der Waals surface area (Å²) in [6.45, 7) is 1.75. The molecule has 0 aliphatic rings. The fourth-order valence-corrected chi connectivity index (χ4v) is 1.96. The van der Waals surface area contributed by atoms with Gasteiger partial charge in [0.05, 0.1) is 7.11 Å². The maximum absolute atomic E-state index is 12.2. The van der Waals surface area contributed by atoms with Crippen LogP contribution in [0.1, 0.15) is 21.9 Å². The van der Waals surface area contributed by atoms with E-state index in [1.807, 2.05) is 0 Å². The summed E-state index contributed by atoms with van der Waals surface area (Å²) >= 11 is 5.94. The Hall–Kier alpha value is -1.94. The number of ether oxygens (including phenoxy) is 1. The Bertz CT molecular complexity index is 614. The predicted octanol–water partition coefficient (Wildman–Crippen LogP) is 2.87. The van der Waals surface area contributed by atoms with E-state index in [1.54, 1.807) is 44.5 Å². The van der Waals surface area contributed by atoms with E-state index in [1.165, 1.54) is 0 Å². The number of ketones is 1. The van der Waals surface area contributed by atoms with Crippen LogP contribution in [0.15, 0.2) is 30.5 Å². The number of nitrogens with zero attached hydrogens (tertiary/aromatic N) is 2. The molecule has 5 heteroatoms. The van der Waals surface area contributed by atoms with Gasteiger partial charge in [0, 0.05) is 23.2 Å². The second-order valence-corrected chi connectivity index (χ2v) is 4.48. The van der Waals surface area contributed by atoms with Gasteiger partial charge in [0.25, 0.3) is 0 Å². The molecular weight excluding hydrogens is 264 g/mol. The highest BCUT2D eigenvalue weighted by Crippen LogP contribution is 2.23. The first-order valence-electron chi connectivity index (χ1n) is 5.75. The number of rotatable bonds is 4. The zero-order valence-electron chi connectivity index (χ0n) is 10.7. The molecule has 0 unspecified atom stereocenters. The van der Waals surface area contributed by atoms with E-state index >= 15 is 0 Å². The molecule has 4 nitrogen and oxygen atoms in total. The minimum atomic E-state index is -0.0916. The molecule has 0 saturated carbocycles. The smallest absolute Gasteiger partial charge is 0.185 e. The third kappa shape index (κ3) is 3.29. The van der Waals surface area contributed by atoms with Crippen LogP contribution in [-0.4, -0.2) is 22.9 Å². The molecule has 0 spiro atoms. The largest absolute Gasteiger partial charge is 0.496 e. The topological polar surface area (TPSA) is 52.1 Å². The summed E-state index contributed by atoms with van der Waals surface area (Å²) in [4.78, 5) is 20.2. The Kier molecular flexibility index (Phi) is 4.12. The summed E-state index contributed by atoms with van der Waals surface area (Å²) in [5.41, 5.74) is 1.14. The van der Waals surface area contributed by atoms with Gasteiger partial charge in [-0.25, -0.2) is 9.97 Å². The molecule has 0 N–H and O–H groups in total. The molecule has 1 heterocycles. The van der Waals surface area contributed by atoms with Crippen LogP contribution in [0.3, 0.4) is 0 Å². The number of carbonyl (C=O) groups excluding carboxylic acids is 1. The van der Waals surface area contributed by atoms with Gasteiger partial charge in [-0.15, -0.1) is 0 Å². The molecule has 0 atom stereocenters. The van der Waals surface area contributed by atoms with Crippen molar-refractivity contribution in [1.82, 2.24) is 9.97 Å². The van der Waals surface area contributed by atoms with Crippen molar-refractivity contribution >= 4 is 17.4 Å². The van der Waals surface area contributed by atoms with Gasteiger partial charge in [-0.1, -0.05) is 11.6 Å². The van der Waals surface area contributed by atoms with Crippen LogP contribution in [0.2, 0.25) is 5.02 Å². The number of hydrogen-bond acceptors (Lipinski definition) is 4. The zero-order valence-corrected chi connectivity index (χ0v) is 11.4. The first-order chi connectivity index (χ1) is 9.10. The van der Waals surface area contributed by atoms with E-state index in [0.717, 1.165) is 5.56 Å².